The van der Waals surface area contributed by atoms with Crippen molar-refractivity contribution in [2.75, 3.05) is 0 Å². The number of alkyl halides is 2. The summed E-state index contributed by atoms with van der Waals surface area (Å²) in [4.78, 5) is 3.86. The number of hydrogen-bond donors (Lipinski definition) is 2. The van der Waals surface area contributed by atoms with E-state index in [0.717, 1.165) is 0 Å². The standard InChI is InChI=1S/C8H9F2IN2O/c9-7(10)5-1-4(2-12)8(11)13-6(5)3-14/h1,7,14H,2-3,12H2. The molecular weight excluding hydrogens is 305 g/mol. The summed E-state index contributed by atoms with van der Waals surface area (Å²) in [6.07, 6.45) is -2.63. The van der Waals surface area contributed by atoms with Gasteiger partial charge in [0.05, 0.1) is 12.3 Å². The second kappa shape index (κ2) is 4.94. The lowest BCUT2D eigenvalue weighted by Crippen LogP contribution is -2.07. The molecule has 0 atom stereocenters. The van der Waals surface area contributed by atoms with Gasteiger partial charge in [-0.05, 0) is 34.2 Å². The van der Waals surface area contributed by atoms with Gasteiger partial charge in [0.2, 0.25) is 0 Å². The largest absolute Gasteiger partial charge is 0.390 e. The molecular formula is C8H9F2IN2O. The highest BCUT2D eigenvalue weighted by Gasteiger charge is 2.16. The zero-order valence-corrected chi connectivity index (χ0v) is 9.33. The minimum Gasteiger partial charge on any atom is -0.390 e. The SMILES string of the molecule is NCc1cc(C(F)F)c(CO)nc1I. The van der Waals surface area contributed by atoms with Crippen molar-refractivity contribution in [1.82, 2.24) is 4.98 Å². The third kappa shape index (κ3) is 2.37. The molecule has 0 saturated carbocycles. The van der Waals surface area contributed by atoms with E-state index in [4.69, 9.17) is 10.8 Å². The fraction of sp³-hybridized carbons (Fsp3) is 0.375. The van der Waals surface area contributed by atoms with Crippen molar-refractivity contribution in [3.63, 3.8) is 0 Å². The summed E-state index contributed by atoms with van der Waals surface area (Å²) < 4.78 is 25.5. The highest BCUT2D eigenvalue weighted by molar-refractivity contribution is 14.1. The lowest BCUT2D eigenvalue weighted by atomic mass is 10.1. The highest BCUT2D eigenvalue weighted by atomic mass is 127. The van der Waals surface area contributed by atoms with Crippen LogP contribution in [-0.2, 0) is 13.2 Å². The fourth-order valence-electron chi connectivity index (χ4n) is 1.04. The molecule has 0 aromatic carbocycles. The predicted octanol–water partition coefficient (Wildman–Crippen LogP) is 1.57. The Balaban J connectivity index is 3.25. The van der Waals surface area contributed by atoms with Gasteiger partial charge in [-0.2, -0.15) is 0 Å². The number of aliphatic hydroxyl groups excluding tert-OH is 1. The normalized spacial score (nSPS) is 11.0. The average molecular weight is 314 g/mol. The fourth-order valence-corrected chi connectivity index (χ4v) is 1.71. The predicted molar refractivity (Wildman–Crippen MR) is 55.7 cm³/mol. The molecule has 1 aromatic rings. The topological polar surface area (TPSA) is 59.1 Å². The van der Waals surface area contributed by atoms with Gasteiger partial charge in [-0.1, -0.05) is 0 Å². The number of pyridine rings is 1. The van der Waals surface area contributed by atoms with Gasteiger partial charge in [0.15, 0.2) is 0 Å². The van der Waals surface area contributed by atoms with Gasteiger partial charge in [0, 0.05) is 12.1 Å². The molecule has 1 heterocycles. The second-order valence-corrected chi connectivity index (χ2v) is 3.66. The molecule has 0 aliphatic rings. The van der Waals surface area contributed by atoms with E-state index in [1.54, 1.807) is 0 Å². The lowest BCUT2D eigenvalue weighted by molar-refractivity contribution is 0.146. The van der Waals surface area contributed by atoms with E-state index < -0.39 is 13.0 Å². The van der Waals surface area contributed by atoms with E-state index in [9.17, 15) is 8.78 Å². The van der Waals surface area contributed by atoms with Crippen molar-refractivity contribution in [2.45, 2.75) is 19.6 Å². The molecule has 0 unspecified atom stereocenters. The van der Waals surface area contributed by atoms with Crippen LogP contribution in [0.5, 0.6) is 0 Å². The summed E-state index contributed by atoms with van der Waals surface area (Å²) in [5.41, 5.74) is 5.70. The molecule has 0 radical (unpaired) electrons. The van der Waals surface area contributed by atoms with Crippen molar-refractivity contribution in [3.8, 4) is 0 Å². The van der Waals surface area contributed by atoms with E-state index in [1.807, 2.05) is 22.6 Å². The van der Waals surface area contributed by atoms with Crippen LogP contribution < -0.4 is 5.73 Å². The molecule has 1 aromatic heterocycles. The molecule has 0 aliphatic heterocycles. The Morgan fingerprint density at radius 1 is 1.57 bits per heavy atom. The average Bonchev–Trinajstić information content (AvgIpc) is 2.16. The Morgan fingerprint density at radius 2 is 2.21 bits per heavy atom. The molecule has 0 spiro atoms. The number of nitrogens with two attached hydrogens (primary N) is 1. The molecule has 0 amide bonds. The number of halogens is 3. The molecule has 1 rings (SSSR count). The monoisotopic (exact) mass is 314 g/mol. The minimum atomic E-state index is -2.63. The Bertz CT molecular complexity index is 333. The zero-order chi connectivity index (χ0) is 10.7. The molecule has 0 aliphatic carbocycles. The molecule has 14 heavy (non-hydrogen) atoms. The Kier molecular flexibility index (Phi) is 4.14. The summed E-state index contributed by atoms with van der Waals surface area (Å²) in [6.45, 7) is -0.322. The quantitative estimate of drug-likeness (QED) is 0.658. The Morgan fingerprint density at radius 3 is 2.64 bits per heavy atom. The van der Waals surface area contributed by atoms with Crippen LogP contribution in [0.2, 0.25) is 0 Å². The highest BCUT2D eigenvalue weighted by Crippen LogP contribution is 2.24. The number of rotatable bonds is 3. The maximum absolute atomic E-state index is 12.5. The summed E-state index contributed by atoms with van der Waals surface area (Å²) in [5.74, 6) is 0. The number of aliphatic hydroxyl groups is 1. The van der Waals surface area contributed by atoms with Crippen molar-refractivity contribution in [2.24, 2.45) is 5.73 Å². The van der Waals surface area contributed by atoms with Crippen LogP contribution in [0.15, 0.2) is 6.07 Å². The maximum Gasteiger partial charge on any atom is 0.265 e. The number of nitrogens with zero attached hydrogens (tertiary/aromatic N) is 1. The van der Waals surface area contributed by atoms with Crippen LogP contribution in [0.3, 0.4) is 0 Å². The molecule has 78 valence electrons. The number of aromatic nitrogens is 1. The van der Waals surface area contributed by atoms with Crippen LogP contribution in [0.1, 0.15) is 23.2 Å². The lowest BCUT2D eigenvalue weighted by Gasteiger charge is -2.09. The number of hydrogen-bond acceptors (Lipinski definition) is 3. The summed E-state index contributed by atoms with van der Waals surface area (Å²) in [7, 11) is 0. The first-order chi connectivity index (χ1) is 6.60. The van der Waals surface area contributed by atoms with E-state index in [1.165, 1.54) is 6.07 Å². The van der Waals surface area contributed by atoms with Gasteiger partial charge in [0.1, 0.15) is 3.70 Å². The molecule has 3 N–H and O–H groups in total. The second-order valence-electron chi connectivity index (χ2n) is 2.64. The van der Waals surface area contributed by atoms with Gasteiger partial charge in [0.25, 0.3) is 6.43 Å². The van der Waals surface area contributed by atoms with E-state index >= 15 is 0 Å². The van der Waals surface area contributed by atoms with Crippen LogP contribution in [0.4, 0.5) is 8.78 Å². The summed E-state index contributed by atoms with van der Waals surface area (Å²) in [5, 5.41) is 8.82. The third-order valence-corrected chi connectivity index (χ3v) is 2.70. The van der Waals surface area contributed by atoms with Crippen molar-refractivity contribution in [1.29, 1.82) is 0 Å². The smallest absolute Gasteiger partial charge is 0.265 e. The third-order valence-electron chi connectivity index (χ3n) is 1.77. The first-order valence-corrected chi connectivity index (χ1v) is 4.95. The van der Waals surface area contributed by atoms with Crippen molar-refractivity contribution in [3.05, 3.63) is 26.6 Å². The van der Waals surface area contributed by atoms with Gasteiger partial charge in [-0.3, -0.25) is 0 Å². The van der Waals surface area contributed by atoms with E-state index in [2.05, 4.69) is 4.98 Å². The Labute approximate surface area is 93.5 Å². The first kappa shape index (κ1) is 11.7. The van der Waals surface area contributed by atoms with Gasteiger partial charge >= 0.3 is 0 Å². The molecule has 3 nitrogen and oxygen atoms in total. The summed E-state index contributed by atoms with van der Waals surface area (Å²) >= 11 is 1.90. The Hall–Kier alpha value is -0.340. The maximum atomic E-state index is 12.5. The van der Waals surface area contributed by atoms with Gasteiger partial charge in [-0.25, -0.2) is 13.8 Å². The molecule has 0 fully saturated rings. The molecule has 0 saturated heterocycles. The van der Waals surface area contributed by atoms with Crippen LogP contribution >= 0.6 is 22.6 Å². The van der Waals surface area contributed by atoms with Gasteiger partial charge < -0.3 is 10.8 Å². The van der Waals surface area contributed by atoms with Crippen molar-refractivity contribution < 1.29 is 13.9 Å². The van der Waals surface area contributed by atoms with E-state index in [-0.39, 0.29) is 17.8 Å². The summed E-state index contributed by atoms with van der Waals surface area (Å²) in [6, 6.07) is 1.30. The first-order valence-electron chi connectivity index (χ1n) is 3.87. The van der Waals surface area contributed by atoms with Crippen molar-refractivity contribution >= 4 is 22.6 Å². The van der Waals surface area contributed by atoms with E-state index in [0.29, 0.717) is 9.26 Å². The van der Waals surface area contributed by atoms with Crippen LogP contribution in [0.25, 0.3) is 0 Å². The molecule has 0 bridgehead atoms. The van der Waals surface area contributed by atoms with Crippen LogP contribution in [-0.4, -0.2) is 10.1 Å². The van der Waals surface area contributed by atoms with Crippen LogP contribution in [0, 0.1) is 3.70 Å². The molecule has 6 heteroatoms. The minimum absolute atomic E-state index is 0.0154. The van der Waals surface area contributed by atoms with Gasteiger partial charge in [-0.15, -0.1) is 0 Å². The zero-order valence-electron chi connectivity index (χ0n) is 7.17.